The standard InChI is InChI=1S/C16H26ClN3/c17-15-5-7-16(8-6-15)20-13-11-19(12-14-20)10-4-2-1-3-9-18/h5-8H,1-4,9-14,18H2. The van der Waals surface area contributed by atoms with E-state index in [2.05, 4.69) is 21.9 Å². The summed E-state index contributed by atoms with van der Waals surface area (Å²) >= 11 is 5.93. The largest absolute Gasteiger partial charge is 0.369 e. The molecule has 4 heteroatoms. The average molecular weight is 296 g/mol. The molecular formula is C16H26ClN3. The van der Waals surface area contributed by atoms with Crippen LogP contribution < -0.4 is 10.6 Å². The van der Waals surface area contributed by atoms with Gasteiger partial charge in [-0.05, 0) is 50.2 Å². The molecule has 1 fully saturated rings. The van der Waals surface area contributed by atoms with Gasteiger partial charge in [-0.25, -0.2) is 0 Å². The normalized spacial score (nSPS) is 16.6. The fraction of sp³-hybridized carbons (Fsp3) is 0.625. The highest BCUT2D eigenvalue weighted by Gasteiger charge is 2.16. The molecule has 0 radical (unpaired) electrons. The minimum atomic E-state index is 0.810. The van der Waals surface area contributed by atoms with Crippen LogP contribution in [-0.4, -0.2) is 44.2 Å². The van der Waals surface area contributed by atoms with Crippen molar-refractivity contribution in [2.24, 2.45) is 5.73 Å². The van der Waals surface area contributed by atoms with E-state index in [1.165, 1.54) is 51.0 Å². The number of rotatable bonds is 7. The molecule has 1 aromatic rings. The van der Waals surface area contributed by atoms with Crippen molar-refractivity contribution in [1.82, 2.24) is 4.90 Å². The molecule has 3 nitrogen and oxygen atoms in total. The molecular weight excluding hydrogens is 270 g/mol. The Bertz CT molecular complexity index is 372. The third kappa shape index (κ3) is 4.97. The van der Waals surface area contributed by atoms with Crippen LogP contribution in [0.4, 0.5) is 5.69 Å². The zero-order valence-corrected chi connectivity index (χ0v) is 13.0. The van der Waals surface area contributed by atoms with Gasteiger partial charge in [-0.3, -0.25) is 4.90 Å². The second-order valence-electron chi connectivity index (χ2n) is 5.51. The Kier molecular flexibility index (Phi) is 6.64. The molecule has 2 rings (SSSR count). The molecule has 0 spiro atoms. The van der Waals surface area contributed by atoms with Crippen molar-refractivity contribution in [2.75, 3.05) is 44.2 Å². The number of hydrogen-bond acceptors (Lipinski definition) is 3. The van der Waals surface area contributed by atoms with Crippen LogP contribution >= 0.6 is 11.6 Å². The molecule has 1 aromatic carbocycles. The zero-order chi connectivity index (χ0) is 14.2. The summed E-state index contributed by atoms with van der Waals surface area (Å²) in [6, 6.07) is 8.18. The average Bonchev–Trinajstić information content (AvgIpc) is 2.49. The molecule has 0 amide bonds. The topological polar surface area (TPSA) is 32.5 Å². The van der Waals surface area contributed by atoms with Crippen molar-refractivity contribution in [3.8, 4) is 0 Å². The summed E-state index contributed by atoms with van der Waals surface area (Å²) in [5, 5.41) is 0.810. The summed E-state index contributed by atoms with van der Waals surface area (Å²) in [7, 11) is 0. The summed E-state index contributed by atoms with van der Waals surface area (Å²) in [5.41, 5.74) is 6.80. The molecule has 0 atom stereocenters. The number of benzene rings is 1. The van der Waals surface area contributed by atoms with Gasteiger partial charge in [0.1, 0.15) is 0 Å². The van der Waals surface area contributed by atoms with Gasteiger partial charge < -0.3 is 10.6 Å². The van der Waals surface area contributed by atoms with E-state index < -0.39 is 0 Å². The first-order chi connectivity index (χ1) is 9.79. The molecule has 2 N–H and O–H groups in total. The van der Waals surface area contributed by atoms with E-state index in [1.807, 2.05) is 12.1 Å². The van der Waals surface area contributed by atoms with Crippen molar-refractivity contribution >= 4 is 17.3 Å². The van der Waals surface area contributed by atoms with E-state index in [9.17, 15) is 0 Å². The van der Waals surface area contributed by atoms with Gasteiger partial charge >= 0.3 is 0 Å². The maximum absolute atomic E-state index is 5.93. The molecule has 1 aliphatic heterocycles. The molecule has 112 valence electrons. The minimum Gasteiger partial charge on any atom is -0.369 e. The first kappa shape index (κ1) is 15.6. The highest BCUT2D eigenvalue weighted by Crippen LogP contribution is 2.19. The number of anilines is 1. The number of nitrogens with zero attached hydrogens (tertiary/aromatic N) is 2. The van der Waals surface area contributed by atoms with Crippen LogP contribution in [-0.2, 0) is 0 Å². The fourth-order valence-corrected chi connectivity index (χ4v) is 2.84. The number of hydrogen-bond donors (Lipinski definition) is 1. The van der Waals surface area contributed by atoms with Gasteiger partial charge in [0.05, 0.1) is 0 Å². The van der Waals surface area contributed by atoms with Gasteiger partial charge in [-0.2, -0.15) is 0 Å². The van der Waals surface area contributed by atoms with E-state index in [1.54, 1.807) is 0 Å². The molecule has 0 aliphatic carbocycles. The fourth-order valence-electron chi connectivity index (χ4n) is 2.71. The molecule has 20 heavy (non-hydrogen) atoms. The summed E-state index contributed by atoms with van der Waals surface area (Å²) < 4.78 is 0. The smallest absolute Gasteiger partial charge is 0.0407 e. The quantitative estimate of drug-likeness (QED) is 0.785. The predicted molar refractivity (Wildman–Crippen MR) is 87.6 cm³/mol. The molecule has 1 saturated heterocycles. The number of unbranched alkanes of at least 4 members (excludes halogenated alkanes) is 3. The van der Waals surface area contributed by atoms with Gasteiger partial charge in [-0.1, -0.05) is 24.4 Å². The number of halogens is 1. The van der Waals surface area contributed by atoms with Crippen LogP contribution in [0.1, 0.15) is 25.7 Å². The van der Waals surface area contributed by atoms with Crippen LogP contribution in [0.25, 0.3) is 0 Å². The van der Waals surface area contributed by atoms with E-state index in [0.29, 0.717) is 0 Å². The van der Waals surface area contributed by atoms with E-state index >= 15 is 0 Å². The van der Waals surface area contributed by atoms with Crippen molar-refractivity contribution in [1.29, 1.82) is 0 Å². The van der Waals surface area contributed by atoms with Gasteiger partial charge in [0.25, 0.3) is 0 Å². The number of piperazine rings is 1. The monoisotopic (exact) mass is 295 g/mol. The van der Waals surface area contributed by atoms with Crippen molar-refractivity contribution < 1.29 is 0 Å². The lowest BCUT2D eigenvalue weighted by atomic mass is 10.1. The van der Waals surface area contributed by atoms with Crippen molar-refractivity contribution in [3.63, 3.8) is 0 Å². The zero-order valence-electron chi connectivity index (χ0n) is 12.2. The summed E-state index contributed by atoms with van der Waals surface area (Å²) in [4.78, 5) is 5.02. The van der Waals surface area contributed by atoms with Gasteiger partial charge in [0.15, 0.2) is 0 Å². The Balaban J connectivity index is 1.66. The van der Waals surface area contributed by atoms with Crippen LogP contribution in [0, 0.1) is 0 Å². The van der Waals surface area contributed by atoms with E-state index in [0.717, 1.165) is 24.7 Å². The van der Waals surface area contributed by atoms with Crippen molar-refractivity contribution in [2.45, 2.75) is 25.7 Å². The highest BCUT2D eigenvalue weighted by atomic mass is 35.5. The lowest BCUT2D eigenvalue weighted by Gasteiger charge is -2.36. The SMILES string of the molecule is NCCCCCCN1CCN(c2ccc(Cl)cc2)CC1. The van der Waals surface area contributed by atoms with Gasteiger partial charge in [0.2, 0.25) is 0 Å². The molecule has 1 heterocycles. The molecule has 0 unspecified atom stereocenters. The van der Waals surface area contributed by atoms with Crippen LogP contribution in [0.2, 0.25) is 5.02 Å². The van der Waals surface area contributed by atoms with Crippen molar-refractivity contribution in [3.05, 3.63) is 29.3 Å². The Morgan fingerprint density at radius 3 is 2.20 bits per heavy atom. The summed E-state index contributed by atoms with van der Waals surface area (Å²) in [6.45, 7) is 6.63. The van der Waals surface area contributed by atoms with Crippen LogP contribution in [0.5, 0.6) is 0 Å². The molecule has 1 aliphatic rings. The van der Waals surface area contributed by atoms with Crippen LogP contribution in [0.15, 0.2) is 24.3 Å². The van der Waals surface area contributed by atoms with Crippen LogP contribution in [0.3, 0.4) is 0 Å². The molecule has 0 aromatic heterocycles. The third-order valence-electron chi connectivity index (χ3n) is 3.99. The Hall–Kier alpha value is -0.770. The summed E-state index contributed by atoms with van der Waals surface area (Å²) in [6.07, 6.45) is 5.07. The minimum absolute atomic E-state index is 0.810. The molecule has 0 saturated carbocycles. The highest BCUT2D eigenvalue weighted by molar-refractivity contribution is 6.30. The second-order valence-corrected chi connectivity index (χ2v) is 5.94. The Labute approximate surface area is 127 Å². The lowest BCUT2D eigenvalue weighted by molar-refractivity contribution is 0.252. The Morgan fingerprint density at radius 1 is 0.900 bits per heavy atom. The van der Waals surface area contributed by atoms with Gasteiger partial charge in [0, 0.05) is 36.9 Å². The molecule has 0 bridgehead atoms. The predicted octanol–water partition coefficient (Wildman–Crippen LogP) is 2.98. The first-order valence-corrected chi connectivity index (χ1v) is 8.10. The van der Waals surface area contributed by atoms with E-state index in [-0.39, 0.29) is 0 Å². The number of nitrogens with two attached hydrogens (primary N) is 1. The van der Waals surface area contributed by atoms with Gasteiger partial charge in [-0.15, -0.1) is 0 Å². The maximum Gasteiger partial charge on any atom is 0.0407 e. The first-order valence-electron chi connectivity index (χ1n) is 7.72. The van der Waals surface area contributed by atoms with E-state index in [4.69, 9.17) is 17.3 Å². The second kappa shape index (κ2) is 8.50. The summed E-state index contributed by atoms with van der Waals surface area (Å²) in [5.74, 6) is 0. The Morgan fingerprint density at radius 2 is 1.55 bits per heavy atom. The maximum atomic E-state index is 5.93. The lowest BCUT2D eigenvalue weighted by Crippen LogP contribution is -2.46. The third-order valence-corrected chi connectivity index (χ3v) is 4.24.